The number of hydrogen-bond donors (Lipinski definition) is 2. The SMILES string of the molecule is CCCCCCCCC(CCCCCCCC)OC(=O)CCCCCCCN(CCO)CCCCCCCC(=O)OC(C)CCCCCOC(C)O. The van der Waals surface area contributed by atoms with Crippen LogP contribution in [-0.4, -0.2) is 78.4 Å². The number of hydrogen-bond acceptors (Lipinski definition) is 8. The Morgan fingerprint density at radius 1 is 0.519 bits per heavy atom. The van der Waals surface area contributed by atoms with Crippen molar-refractivity contribution in [3.63, 3.8) is 0 Å². The van der Waals surface area contributed by atoms with Gasteiger partial charge in [0.15, 0.2) is 6.29 Å². The van der Waals surface area contributed by atoms with E-state index in [1.165, 1.54) is 77.0 Å². The van der Waals surface area contributed by atoms with Crippen molar-refractivity contribution in [1.29, 1.82) is 0 Å². The summed E-state index contributed by atoms with van der Waals surface area (Å²) in [5, 5.41) is 18.7. The molecular weight excluding hydrogens is 654 g/mol. The van der Waals surface area contributed by atoms with Crippen LogP contribution in [0.4, 0.5) is 0 Å². The fourth-order valence-corrected chi connectivity index (χ4v) is 6.87. The van der Waals surface area contributed by atoms with Crippen LogP contribution in [0.15, 0.2) is 0 Å². The van der Waals surface area contributed by atoms with E-state index in [1.54, 1.807) is 6.92 Å². The second kappa shape index (κ2) is 39.5. The number of rotatable bonds is 41. The summed E-state index contributed by atoms with van der Waals surface area (Å²) in [7, 11) is 0. The zero-order valence-electron chi connectivity index (χ0n) is 34.9. The molecule has 52 heavy (non-hydrogen) atoms. The Kier molecular flexibility index (Phi) is 38.5. The lowest BCUT2D eigenvalue weighted by atomic mass is 10.0. The van der Waals surface area contributed by atoms with Gasteiger partial charge in [-0.1, -0.05) is 123 Å². The summed E-state index contributed by atoms with van der Waals surface area (Å²) >= 11 is 0. The normalized spacial score (nSPS) is 12.8. The maximum absolute atomic E-state index is 12.7. The Morgan fingerprint density at radius 2 is 0.942 bits per heavy atom. The molecule has 0 aliphatic carbocycles. The van der Waals surface area contributed by atoms with Gasteiger partial charge in [0.25, 0.3) is 0 Å². The van der Waals surface area contributed by atoms with E-state index in [0.29, 0.717) is 19.4 Å². The average Bonchev–Trinajstić information content (AvgIpc) is 3.11. The first kappa shape index (κ1) is 50.8. The standard InChI is InChI=1S/C44H87NO7/c1-5-7-9-11-15-23-31-42(32-24-16-12-10-8-6-2)52-44(49)34-26-18-14-20-28-36-45(37-38-46)35-27-19-13-17-25-33-43(48)51-40(3)30-22-21-29-39-50-41(4)47/h40-42,46-47H,5-39H2,1-4H3. The Bertz CT molecular complexity index is 749. The van der Waals surface area contributed by atoms with Gasteiger partial charge >= 0.3 is 11.9 Å². The molecule has 8 nitrogen and oxygen atoms in total. The third-order valence-electron chi connectivity index (χ3n) is 10.1. The second-order valence-corrected chi connectivity index (χ2v) is 15.4. The van der Waals surface area contributed by atoms with E-state index < -0.39 is 6.29 Å². The van der Waals surface area contributed by atoms with E-state index in [2.05, 4.69) is 18.7 Å². The summed E-state index contributed by atoms with van der Waals surface area (Å²) in [5.41, 5.74) is 0. The van der Waals surface area contributed by atoms with Crippen molar-refractivity contribution in [1.82, 2.24) is 4.90 Å². The monoisotopic (exact) mass is 742 g/mol. The number of nitrogens with zero attached hydrogens (tertiary/aromatic N) is 1. The van der Waals surface area contributed by atoms with Gasteiger partial charge in [0.2, 0.25) is 0 Å². The molecule has 0 saturated heterocycles. The van der Waals surface area contributed by atoms with E-state index in [4.69, 9.17) is 19.3 Å². The van der Waals surface area contributed by atoms with Crippen LogP contribution >= 0.6 is 0 Å². The summed E-state index contributed by atoms with van der Waals surface area (Å²) in [5.74, 6) is -0.0879. The summed E-state index contributed by atoms with van der Waals surface area (Å²) in [6.07, 6.45) is 32.2. The first-order chi connectivity index (χ1) is 25.3. The maximum atomic E-state index is 12.7. The number of unbranched alkanes of at least 4 members (excludes halogenated alkanes) is 20. The van der Waals surface area contributed by atoms with Gasteiger partial charge in [-0.3, -0.25) is 9.59 Å². The molecular formula is C44H87NO7. The summed E-state index contributed by atoms with van der Waals surface area (Å²) in [4.78, 5) is 27.2. The summed E-state index contributed by atoms with van der Waals surface area (Å²) in [6.45, 7) is 11.6. The molecule has 0 heterocycles. The van der Waals surface area contributed by atoms with Crippen molar-refractivity contribution in [2.24, 2.45) is 0 Å². The first-order valence-corrected chi connectivity index (χ1v) is 22.3. The minimum Gasteiger partial charge on any atom is -0.463 e. The molecule has 0 rings (SSSR count). The van der Waals surface area contributed by atoms with Crippen LogP contribution in [0.2, 0.25) is 0 Å². The van der Waals surface area contributed by atoms with Gasteiger partial charge in [-0.25, -0.2) is 0 Å². The number of aliphatic hydroxyl groups is 2. The molecule has 0 aromatic carbocycles. The molecule has 0 fully saturated rings. The highest BCUT2D eigenvalue weighted by molar-refractivity contribution is 5.69. The fraction of sp³-hybridized carbons (Fsp3) is 0.955. The van der Waals surface area contributed by atoms with Crippen LogP contribution in [0.3, 0.4) is 0 Å². The molecule has 0 amide bonds. The van der Waals surface area contributed by atoms with E-state index >= 15 is 0 Å². The second-order valence-electron chi connectivity index (χ2n) is 15.4. The molecule has 310 valence electrons. The molecule has 0 radical (unpaired) electrons. The number of aliphatic hydroxyl groups excluding tert-OH is 2. The minimum atomic E-state index is -0.707. The van der Waals surface area contributed by atoms with Gasteiger partial charge in [0.05, 0.1) is 12.7 Å². The Hall–Kier alpha value is -1.22. The molecule has 2 atom stereocenters. The van der Waals surface area contributed by atoms with Crippen molar-refractivity contribution >= 4 is 11.9 Å². The predicted molar refractivity (Wildman–Crippen MR) is 216 cm³/mol. The van der Waals surface area contributed by atoms with Crippen molar-refractivity contribution in [3.8, 4) is 0 Å². The van der Waals surface area contributed by atoms with Crippen LogP contribution in [0.1, 0.15) is 220 Å². The molecule has 2 N–H and O–H groups in total. The molecule has 0 bridgehead atoms. The van der Waals surface area contributed by atoms with Crippen LogP contribution < -0.4 is 0 Å². The molecule has 0 aromatic heterocycles. The van der Waals surface area contributed by atoms with Crippen molar-refractivity contribution in [3.05, 3.63) is 0 Å². The predicted octanol–water partition coefficient (Wildman–Crippen LogP) is 11.2. The molecule has 8 heteroatoms. The highest BCUT2D eigenvalue weighted by Gasteiger charge is 2.15. The number of ether oxygens (including phenoxy) is 3. The van der Waals surface area contributed by atoms with Gasteiger partial charge in [-0.15, -0.1) is 0 Å². The van der Waals surface area contributed by atoms with Gasteiger partial charge < -0.3 is 29.3 Å². The Labute approximate surface area is 321 Å². The summed E-state index contributed by atoms with van der Waals surface area (Å²) in [6, 6.07) is 0. The van der Waals surface area contributed by atoms with Crippen molar-refractivity contribution in [2.45, 2.75) is 239 Å². The summed E-state index contributed by atoms with van der Waals surface area (Å²) < 4.78 is 16.7. The maximum Gasteiger partial charge on any atom is 0.306 e. The third-order valence-corrected chi connectivity index (χ3v) is 10.1. The molecule has 0 aliphatic heterocycles. The topological polar surface area (TPSA) is 106 Å². The van der Waals surface area contributed by atoms with E-state index in [-0.39, 0.29) is 30.8 Å². The third kappa shape index (κ3) is 37.1. The lowest BCUT2D eigenvalue weighted by Crippen LogP contribution is -2.29. The molecule has 0 saturated carbocycles. The number of carbonyl (C=O) groups is 2. The van der Waals surface area contributed by atoms with Gasteiger partial charge in [0, 0.05) is 26.0 Å². The average molecular weight is 742 g/mol. The largest absolute Gasteiger partial charge is 0.463 e. The highest BCUT2D eigenvalue weighted by atomic mass is 16.6. The highest BCUT2D eigenvalue weighted by Crippen LogP contribution is 2.18. The minimum absolute atomic E-state index is 0.00446. The van der Waals surface area contributed by atoms with Crippen molar-refractivity contribution < 1.29 is 34.0 Å². The van der Waals surface area contributed by atoms with Gasteiger partial charge in [0.1, 0.15) is 6.10 Å². The van der Waals surface area contributed by atoms with E-state index in [1.807, 2.05) is 6.92 Å². The molecule has 0 spiro atoms. The number of esters is 2. The van der Waals surface area contributed by atoms with Crippen LogP contribution in [0.5, 0.6) is 0 Å². The smallest absolute Gasteiger partial charge is 0.306 e. The number of carbonyl (C=O) groups excluding carboxylic acids is 2. The van der Waals surface area contributed by atoms with Gasteiger partial charge in [-0.05, 0) is 97.6 Å². The zero-order valence-corrected chi connectivity index (χ0v) is 34.9. The molecule has 2 unspecified atom stereocenters. The quantitative estimate of drug-likeness (QED) is 0.0362. The fourth-order valence-electron chi connectivity index (χ4n) is 6.87. The van der Waals surface area contributed by atoms with Crippen LogP contribution in [0, 0.1) is 0 Å². The lowest BCUT2D eigenvalue weighted by molar-refractivity contribution is -0.150. The molecule has 0 aromatic rings. The van der Waals surface area contributed by atoms with Gasteiger partial charge in [-0.2, -0.15) is 0 Å². The first-order valence-electron chi connectivity index (χ1n) is 22.3. The lowest BCUT2D eigenvalue weighted by Gasteiger charge is -2.21. The zero-order chi connectivity index (χ0) is 38.3. The van der Waals surface area contributed by atoms with Crippen LogP contribution in [0.25, 0.3) is 0 Å². The van der Waals surface area contributed by atoms with Crippen LogP contribution in [-0.2, 0) is 23.8 Å². The van der Waals surface area contributed by atoms with E-state index in [9.17, 15) is 14.7 Å². The molecule has 0 aliphatic rings. The van der Waals surface area contributed by atoms with Crippen molar-refractivity contribution in [2.75, 3.05) is 32.8 Å². The Morgan fingerprint density at radius 3 is 1.44 bits per heavy atom. The van der Waals surface area contributed by atoms with E-state index in [0.717, 1.165) is 122 Å². The Balaban J connectivity index is 3.99.